The summed E-state index contributed by atoms with van der Waals surface area (Å²) in [6, 6.07) is 27.6. The molecule has 1 aliphatic carbocycles. The van der Waals surface area contributed by atoms with Crippen molar-refractivity contribution >= 4 is 39.5 Å². The molecule has 47 heavy (non-hydrogen) atoms. The normalized spacial score (nSPS) is 14.3. The molecule has 0 saturated carbocycles. The number of rotatable bonds is 7. The van der Waals surface area contributed by atoms with Gasteiger partial charge in [-0.2, -0.15) is 0 Å². The predicted octanol–water partition coefficient (Wildman–Crippen LogP) is 10.8. The number of hydrogen-bond donors (Lipinski definition) is 0. The average molecular weight is 631 g/mol. The number of esters is 1. The highest BCUT2D eigenvalue weighted by Gasteiger charge is 2.55. The molecule has 0 radical (unpaired) electrons. The third-order valence-electron chi connectivity index (χ3n) is 9.71. The van der Waals surface area contributed by atoms with Gasteiger partial charge in [0, 0.05) is 27.6 Å². The number of carbonyl (C=O) groups is 1. The zero-order valence-electron chi connectivity index (χ0n) is 30.6. The van der Waals surface area contributed by atoms with Gasteiger partial charge in [0.1, 0.15) is 0 Å². The number of hydrogen-bond acceptors (Lipinski definition) is 2. The lowest BCUT2D eigenvalue weighted by Gasteiger charge is -2.20. The van der Waals surface area contributed by atoms with Crippen LogP contribution in [-0.4, -0.2) is 39.8 Å². The molecule has 4 heteroatoms. The smallest absolute Gasteiger partial charge is 0.351 e. The van der Waals surface area contributed by atoms with Gasteiger partial charge in [-0.3, -0.25) is 4.79 Å². The van der Waals surface area contributed by atoms with Crippen molar-refractivity contribution in [3.05, 3.63) is 106 Å². The molecule has 0 bridgehead atoms. The van der Waals surface area contributed by atoms with E-state index in [-0.39, 0.29) is 18.1 Å². The largest absolute Gasteiger partial charge is 0.469 e. The van der Waals surface area contributed by atoms with Gasteiger partial charge in [0.15, 0.2) is 0 Å². The number of benzene rings is 4. The SMILES string of the molecule is CC(C)c1cccc(C(C)C)c1[N+]1=C2C(=[N+](c3c(C(C)C)cccc3C(C)C)C1C)c1cccc3cccc2c13.COC(=O)C(C)C. The maximum atomic E-state index is 10.3. The van der Waals surface area contributed by atoms with E-state index in [1.54, 1.807) is 13.8 Å². The van der Waals surface area contributed by atoms with Gasteiger partial charge < -0.3 is 4.74 Å². The lowest BCUT2D eigenvalue weighted by atomic mass is 9.91. The first-order chi connectivity index (χ1) is 22.3. The number of carbonyl (C=O) groups excluding carboxylic acids is 1. The van der Waals surface area contributed by atoms with Crippen LogP contribution in [0.2, 0.25) is 0 Å². The average Bonchev–Trinajstić information content (AvgIpc) is 3.52. The highest BCUT2D eigenvalue weighted by atomic mass is 16.5. The monoisotopic (exact) mass is 630 g/mol. The van der Waals surface area contributed by atoms with Crippen molar-refractivity contribution in [1.82, 2.24) is 0 Å². The molecule has 0 amide bonds. The molecule has 2 aliphatic rings. The Morgan fingerprint density at radius 3 is 1.19 bits per heavy atom. The molecule has 1 aliphatic heterocycles. The van der Waals surface area contributed by atoms with E-state index in [1.807, 2.05) is 0 Å². The summed E-state index contributed by atoms with van der Waals surface area (Å²) in [5.41, 5.74) is 13.9. The molecule has 0 atom stereocenters. The summed E-state index contributed by atoms with van der Waals surface area (Å²) in [5.74, 6) is 1.55. The molecule has 0 saturated heterocycles. The summed E-state index contributed by atoms with van der Waals surface area (Å²) in [6.45, 7) is 24.7. The van der Waals surface area contributed by atoms with Gasteiger partial charge in [-0.1, -0.05) is 130 Å². The summed E-state index contributed by atoms with van der Waals surface area (Å²) in [5, 5.41) is 2.71. The van der Waals surface area contributed by atoms with Crippen LogP contribution in [0.25, 0.3) is 10.8 Å². The Bertz CT molecular complexity index is 1710. The molecule has 6 rings (SSSR count). The Balaban J connectivity index is 0.000000559. The Hall–Kier alpha value is -4.05. The van der Waals surface area contributed by atoms with E-state index in [2.05, 4.69) is 149 Å². The minimum absolute atomic E-state index is 0.00463. The van der Waals surface area contributed by atoms with E-state index in [0.717, 1.165) is 0 Å². The fraction of sp³-hybridized carbons (Fsp3) is 0.419. The molecule has 0 N–H and O–H groups in total. The van der Waals surface area contributed by atoms with Crippen LogP contribution in [0.4, 0.5) is 11.4 Å². The lowest BCUT2D eigenvalue weighted by Crippen LogP contribution is -2.29. The van der Waals surface area contributed by atoms with Gasteiger partial charge in [0.2, 0.25) is 11.4 Å². The van der Waals surface area contributed by atoms with Crippen LogP contribution in [-0.2, 0) is 9.53 Å². The van der Waals surface area contributed by atoms with Gasteiger partial charge in [-0.15, -0.1) is 9.15 Å². The van der Waals surface area contributed by atoms with E-state index >= 15 is 0 Å². The second kappa shape index (κ2) is 13.6. The molecule has 4 aromatic carbocycles. The minimum atomic E-state index is -0.153. The first-order valence-corrected chi connectivity index (χ1v) is 17.5. The van der Waals surface area contributed by atoms with Crippen molar-refractivity contribution in [2.45, 2.75) is 106 Å². The molecule has 0 fully saturated rings. The number of para-hydroxylation sites is 2. The summed E-state index contributed by atoms with van der Waals surface area (Å²) in [6.07, 6.45) is 0.128. The molecular formula is C43H54N2O2+2. The van der Waals surface area contributed by atoms with Crippen molar-refractivity contribution < 1.29 is 18.7 Å². The van der Waals surface area contributed by atoms with E-state index in [9.17, 15) is 4.79 Å². The standard InChI is InChI=1S/C38H44N2.C5H10O2/c1-22(2)28-16-12-17-29(23(3)4)35(28)39-26(9)40(36-30(24(5)6)18-13-19-31(36)25(7)8)38-33-21-11-15-27-14-10-20-32(34(27)33)37(38)39;1-4(2)5(6)7-3/h10-26H,1-9H3;4H,1-3H3/q+2;. The summed E-state index contributed by atoms with van der Waals surface area (Å²) >= 11 is 0. The van der Waals surface area contributed by atoms with Crippen LogP contribution < -0.4 is 0 Å². The van der Waals surface area contributed by atoms with Gasteiger partial charge in [-0.05, 0) is 41.2 Å². The van der Waals surface area contributed by atoms with Crippen LogP contribution in [0, 0.1) is 5.92 Å². The third kappa shape index (κ3) is 5.96. The van der Waals surface area contributed by atoms with Crippen LogP contribution in [0.15, 0.2) is 72.8 Å². The van der Waals surface area contributed by atoms with Crippen molar-refractivity contribution in [3.8, 4) is 0 Å². The number of ether oxygens (including phenoxy) is 1. The molecule has 1 heterocycles. The second-order valence-electron chi connectivity index (χ2n) is 14.6. The zero-order valence-corrected chi connectivity index (χ0v) is 30.6. The molecular weight excluding hydrogens is 576 g/mol. The quantitative estimate of drug-likeness (QED) is 0.150. The number of nitrogens with zero attached hydrogens (tertiary/aromatic N) is 2. The molecule has 246 valence electrons. The Morgan fingerprint density at radius 1 is 0.574 bits per heavy atom. The van der Waals surface area contributed by atoms with Crippen LogP contribution in [0.3, 0.4) is 0 Å². The van der Waals surface area contributed by atoms with Crippen molar-refractivity contribution in [2.75, 3.05) is 7.11 Å². The molecule has 0 aromatic heterocycles. The molecule has 0 spiro atoms. The van der Waals surface area contributed by atoms with Gasteiger partial charge in [-0.25, -0.2) is 0 Å². The lowest BCUT2D eigenvalue weighted by molar-refractivity contribution is -0.688. The minimum Gasteiger partial charge on any atom is -0.469 e. The topological polar surface area (TPSA) is 32.3 Å². The van der Waals surface area contributed by atoms with Gasteiger partial charge in [0.25, 0.3) is 11.4 Å². The van der Waals surface area contributed by atoms with Crippen LogP contribution in [0.5, 0.6) is 0 Å². The fourth-order valence-corrected chi connectivity index (χ4v) is 7.38. The zero-order chi connectivity index (χ0) is 34.3. The maximum Gasteiger partial charge on any atom is 0.351 e. The van der Waals surface area contributed by atoms with E-state index in [0.29, 0.717) is 23.7 Å². The highest BCUT2D eigenvalue weighted by molar-refractivity contribution is 6.58. The number of fused-ring (bicyclic) bond motifs is 3. The maximum absolute atomic E-state index is 10.3. The van der Waals surface area contributed by atoms with E-state index < -0.39 is 0 Å². The van der Waals surface area contributed by atoms with Crippen molar-refractivity contribution in [3.63, 3.8) is 0 Å². The first kappa shape index (κ1) is 34.3. The Kier molecular flexibility index (Phi) is 9.91. The number of methoxy groups -OCH3 is 1. The second-order valence-corrected chi connectivity index (χ2v) is 14.6. The van der Waals surface area contributed by atoms with E-state index in [1.165, 1.54) is 74.1 Å². The summed E-state index contributed by atoms with van der Waals surface area (Å²) < 4.78 is 9.78. The van der Waals surface area contributed by atoms with Crippen molar-refractivity contribution in [1.29, 1.82) is 0 Å². The predicted molar refractivity (Wildman–Crippen MR) is 198 cm³/mol. The summed E-state index contributed by atoms with van der Waals surface area (Å²) in [7, 11) is 1.39. The first-order valence-electron chi connectivity index (χ1n) is 17.5. The molecule has 4 aromatic rings. The van der Waals surface area contributed by atoms with Gasteiger partial charge >= 0.3 is 12.1 Å². The fourth-order valence-electron chi connectivity index (χ4n) is 7.38. The van der Waals surface area contributed by atoms with Crippen molar-refractivity contribution in [2.24, 2.45) is 5.92 Å². The Labute approximate surface area is 282 Å². The molecule has 0 unspecified atom stereocenters. The highest BCUT2D eigenvalue weighted by Crippen LogP contribution is 2.45. The molecule has 4 nitrogen and oxygen atoms in total. The van der Waals surface area contributed by atoms with E-state index in [4.69, 9.17) is 0 Å². The Morgan fingerprint density at radius 2 is 0.915 bits per heavy atom. The third-order valence-corrected chi connectivity index (χ3v) is 9.71. The summed E-state index contributed by atoms with van der Waals surface area (Å²) in [4.78, 5) is 10.3. The van der Waals surface area contributed by atoms with Crippen LogP contribution in [0.1, 0.15) is 133 Å². The van der Waals surface area contributed by atoms with Gasteiger partial charge in [0.05, 0.1) is 31.1 Å². The van der Waals surface area contributed by atoms with Crippen LogP contribution >= 0.6 is 0 Å².